The van der Waals surface area contributed by atoms with Gasteiger partial charge in [-0.25, -0.2) is 13.2 Å². The van der Waals surface area contributed by atoms with Gasteiger partial charge in [-0.3, -0.25) is 9.80 Å². The zero-order chi connectivity index (χ0) is 34.2. The number of anilines is 1. The van der Waals surface area contributed by atoms with Crippen LogP contribution in [0.15, 0.2) is 36.4 Å². The molecular weight excluding hydrogens is 648 g/mol. The topological polar surface area (TPSA) is 65.0 Å². The van der Waals surface area contributed by atoms with Gasteiger partial charge in [0.1, 0.15) is 35.7 Å². The molecule has 0 aliphatic carbocycles. The van der Waals surface area contributed by atoms with Gasteiger partial charge in [-0.1, -0.05) is 18.1 Å². The summed E-state index contributed by atoms with van der Waals surface area (Å²) in [6, 6.07) is 7.56. The third-order valence-corrected chi connectivity index (χ3v) is 10.8. The van der Waals surface area contributed by atoms with Crippen LogP contribution < -0.4 is 9.64 Å². The Kier molecular flexibility index (Phi) is 7.60. The molecule has 0 spiro atoms. The molecule has 4 fully saturated rings. The summed E-state index contributed by atoms with van der Waals surface area (Å²) in [6.07, 6.45) is 3.44. The van der Waals surface area contributed by atoms with E-state index in [1.165, 1.54) is 35.2 Å². The molecule has 5 heterocycles. The first-order valence-electron chi connectivity index (χ1n) is 16.4. The number of aromatic hydroxyl groups is 1. The molecular formula is C36H33F6N5O2. The highest BCUT2D eigenvalue weighted by atomic mass is 19.4. The van der Waals surface area contributed by atoms with E-state index in [-0.39, 0.29) is 71.1 Å². The molecule has 0 radical (unpaired) electrons. The molecule has 4 saturated heterocycles. The second-order valence-electron chi connectivity index (χ2n) is 13.8. The van der Waals surface area contributed by atoms with Crippen molar-refractivity contribution >= 4 is 27.5 Å². The van der Waals surface area contributed by atoms with E-state index < -0.39 is 36.1 Å². The van der Waals surface area contributed by atoms with Crippen LogP contribution in [0.25, 0.3) is 32.8 Å². The molecule has 4 aliphatic heterocycles. The van der Waals surface area contributed by atoms with Crippen molar-refractivity contribution in [3.63, 3.8) is 0 Å². The lowest BCUT2D eigenvalue weighted by atomic mass is 9.93. The monoisotopic (exact) mass is 681 g/mol. The zero-order valence-corrected chi connectivity index (χ0v) is 26.4. The van der Waals surface area contributed by atoms with Gasteiger partial charge in [0, 0.05) is 54.5 Å². The molecule has 1 N–H and O–H groups in total. The van der Waals surface area contributed by atoms with Crippen LogP contribution in [-0.4, -0.2) is 94.2 Å². The minimum Gasteiger partial charge on any atom is -0.508 e. The minimum absolute atomic E-state index is 0.00204. The van der Waals surface area contributed by atoms with E-state index >= 15 is 4.39 Å². The van der Waals surface area contributed by atoms with Crippen LogP contribution in [0.3, 0.4) is 0 Å². The van der Waals surface area contributed by atoms with Crippen LogP contribution in [0.5, 0.6) is 11.8 Å². The van der Waals surface area contributed by atoms with Crippen molar-refractivity contribution < 1.29 is 36.2 Å². The fourth-order valence-electron chi connectivity index (χ4n) is 8.69. The Hall–Kier alpha value is -4.28. The molecule has 13 heteroatoms. The van der Waals surface area contributed by atoms with Gasteiger partial charge >= 0.3 is 12.2 Å². The number of halogens is 6. The smallest absolute Gasteiger partial charge is 0.401 e. The van der Waals surface area contributed by atoms with Crippen LogP contribution in [0, 0.1) is 24.0 Å². The van der Waals surface area contributed by atoms with Crippen molar-refractivity contribution in [3.05, 3.63) is 53.6 Å². The largest absolute Gasteiger partial charge is 0.508 e. The van der Waals surface area contributed by atoms with Crippen LogP contribution in [0.2, 0.25) is 0 Å². The van der Waals surface area contributed by atoms with Crippen LogP contribution in [0.4, 0.5) is 32.2 Å². The molecule has 4 aromatic rings. The predicted octanol–water partition coefficient (Wildman–Crippen LogP) is 6.59. The lowest BCUT2D eigenvalue weighted by Gasteiger charge is -2.42. The number of terminal acetylenes is 1. The van der Waals surface area contributed by atoms with Crippen molar-refractivity contribution in [1.82, 2.24) is 19.8 Å². The van der Waals surface area contributed by atoms with Gasteiger partial charge < -0.3 is 14.7 Å². The molecule has 8 rings (SSSR count). The van der Waals surface area contributed by atoms with Gasteiger partial charge in [0.2, 0.25) is 0 Å². The first-order chi connectivity index (χ1) is 23.4. The van der Waals surface area contributed by atoms with E-state index in [0.29, 0.717) is 42.4 Å². The summed E-state index contributed by atoms with van der Waals surface area (Å²) in [4.78, 5) is 14.7. The highest BCUT2D eigenvalue weighted by molar-refractivity contribution is 6.04. The number of ether oxygens (including phenoxy) is 1. The lowest BCUT2D eigenvalue weighted by Crippen LogP contribution is -2.56. The van der Waals surface area contributed by atoms with Crippen molar-refractivity contribution in [3.8, 4) is 35.2 Å². The normalized spacial score (nSPS) is 25.7. The number of nitrogens with zero attached hydrogens (tertiary/aromatic N) is 5. The number of phenols is 1. The van der Waals surface area contributed by atoms with Gasteiger partial charge in [0.05, 0.1) is 17.6 Å². The second kappa shape index (κ2) is 11.7. The quantitative estimate of drug-likeness (QED) is 0.182. The van der Waals surface area contributed by atoms with Gasteiger partial charge in [-0.2, -0.15) is 23.1 Å². The van der Waals surface area contributed by atoms with Gasteiger partial charge in [0.15, 0.2) is 5.82 Å². The number of piperazine rings is 1. The summed E-state index contributed by atoms with van der Waals surface area (Å²) < 4.78 is 92.8. The number of hydrogen-bond acceptors (Lipinski definition) is 7. The summed E-state index contributed by atoms with van der Waals surface area (Å²) in [5.41, 5.74) is -0.582. The van der Waals surface area contributed by atoms with Gasteiger partial charge in [-0.05, 0) is 67.4 Å². The lowest BCUT2D eigenvalue weighted by molar-refractivity contribution is -0.153. The standard InChI is InChI=1S/C36H33F6N5O2/c1-2-25-29(38)9-4-20-12-24(48)13-28(30(20)25)26-7-8-27-32(31(26)39)43-34(49-19-35-10-3-11-46(35)15-21(37)14-35)44-33(27)45-16-22-5-6-23(17-45)47(22)18-36(40,41)42/h1,4,7-9,12-13,21-23,48H,3,5-6,10-11,14-19H2/t21-,22?,23?,35+/m1/s1. The molecule has 0 amide bonds. The summed E-state index contributed by atoms with van der Waals surface area (Å²) in [5, 5.41) is 11.5. The number of hydrogen-bond donors (Lipinski definition) is 1. The molecule has 3 aromatic carbocycles. The third kappa shape index (κ3) is 5.49. The number of phenolic OH excluding ortho intramolecular Hbond substituents is 1. The summed E-state index contributed by atoms with van der Waals surface area (Å²) >= 11 is 0. The summed E-state index contributed by atoms with van der Waals surface area (Å²) in [6.45, 7) is 0.629. The molecule has 49 heavy (non-hydrogen) atoms. The first kappa shape index (κ1) is 32.0. The van der Waals surface area contributed by atoms with Gasteiger partial charge in [0.25, 0.3) is 0 Å². The van der Waals surface area contributed by atoms with E-state index in [0.717, 1.165) is 19.4 Å². The highest BCUT2D eigenvalue weighted by Crippen LogP contribution is 2.43. The number of alkyl halides is 4. The molecule has 2 bridgehead atoms. The van der Waals surface area contributed by atoms with E-state index in [9.17, 15) is 27.1 Å². The van der Waals surface area contributed by atoms with Crippen LogP contribution in [0.1, 0.15) is 37.7 Å². The second-order valence-corrected chi connectivity index (χ2v) is 13.8. The van der Waals surface area contributed by atoms with E-state index in [1.54, 1.807) is 6.07 Å². The summed E-state index contributed by atoms with van der Waals surface area (Å²) in [5.74, 6) is 1.01. The summed E-state index contributed by atoms with van der Waals surface area (Å²) in [7, 11) is 0. The number of rotatable bonds is 6. The Morgan fingerprint density at radius 2 is 1.80 bits per heavy atom. The zero-order valence-electron chi connectivity index (χ0n) is 26.4. The van der Waals surface area contributed by atoms with E-state index in [1.807, 2.05) is 4.90 Å². The highest BCUT2D eigenvalue weighted by Gasteiger charge is 2.50. The average molecular weight is 682 g/mol. The van der Waals surface area contributed by atoms with Crippen molar-refractivity contribution in [2.75, 3.05) is 44.2 Å². The number of benzene rings is 3. The molecule has 2 unspecified atom stereocenters. The average Bonchev–Trinajstić information content (AvgIpc) is 3.64. The van der Waals surface area contributed by atoms with Crippen LogP contribution in [-0.2, 0) is 0 Å². The van der Waals surface area contributed by atoms with Crippen molar-refractivity contribution in [2.45, 2.75) is 62.1 Å². The Morgan fingerprint density at radius 1 is 1.02 bits per heavy atom. The number of fused-ring (bicyclic) bond motifs is 5. The maximum Gasteiger partial charge on any atom is 0.401 e. The first-order valence-corrected chi connectivity index (χ1v) is 16.4. The Bertz CT molecular complexity index is 2000. The molecule has 256 valence electrons. The fraction of sp³-hybridized carbons (Fsp3) is 0.444. The molecule has 4 atom stereocenters. The Morgan fingerprint density at radius 3 is 2.53 bits per heavy atom. The fourth-order valence-corrected chi connectivity index (χ4v) is 8.69. The third-order valence-electron chi connectivity index (χ3n) is 10.8. The SMILES string of the molecule is C#Cc1c(F)ccc2cc(O)cc(-c3ccc4c(N5CC6CCC(C5)N6CC(F)(F)F)nc(OC[C@@]56CCCN5C[C@H](F)C6)nc4c3F)c12. The van der Waals surface area contributed by atoms with Crippen molar-refractivity contribution in [1.29, 1.82) is 0 Å². The predicted molar refractivity (Wildman–Crippen MR) is 172 cm³/mol. The molecule has 1 aromatic heterocycles. The van der Waals surface area contributed by atoms with Crippen molar-refractivity contribution in [2.24, 2.45) is 0 Å². The van der Waals surface area contributed by atoms with Crippen LogP contribution >= 0.6 is 0 Å². The molecule has 0 saturated carbocycles. The van der Waals surface area contributed by atoms with E-state index in [4.69, 9.17) is 16.1 Å². The van der Waals surface area contributed by atoms with Gasteiger partial charge in [-0.15, -0.1) is 6.42 Å². The Labute approximate surface area is 278 Å². The molecule has 7 nitrogen and oxygen atoms in total. The Balaban J connectivity index is 1.24. The molecule has 4 aliphatic rings. The number of aromatic nitrogens is 2. The maximum atomic E-state index is 16.9. The minimum atomic E-state index is -4.34. The maximum absolute atomic E-state index is 16.9. The van der Waals surface area contributed by atoms with E-state index in [2.05, 4.69) is 15.8 Å².